The lowest BCUT2D eigenvalue weighted by Gasteiger charge is -2.23. The van der Waals surface area contributed by atoms with Gasteiger partial charge in [-0.25, -0.2) is 0 Å². The highest BCUT2D eigenvalue weighted by Crippen LogP contribution is 2.22. The highest BCUT2D eigenvalue weighted by atomic mass is 32.1. The average molecular weight is 341 g/mol. The van der Waals surface area contributed by atoms with Gasteiger partial charge in [0.2, 0.25) is 5.56 Å². The van der Waals surface area contributed by atoms with Gasteiger partial charge in [-0.05, 0) is 31.6 Å². The molecule has 2 heterocycles. The summed E-state index contributed by atoms with van der Waals surface area (Å²) in [5, 5.41) is 5.73. The van der Waals surface area contributed by atoms with Gasteiger partial charge in [0.15, 0.2) is 0 Å². The number of pyridine rings is 1. The molecule has 3 aromatic rings. The van der Waals surface area contributed by atoms with Crippen LogP contribution in [0.1, 0.15) is 21.3 Å². The number of benzene rings is 1. The fourth-order valence-electron chi connectivity index (χ4n) is 2.70. The molecule has 1 amide bonds. The molecule has 3 rings (SSSR count). The van der Waals surface area contributed by atoms with Crippen molar-refractivity contribution in [1.29, 1.82) is 0 Å². The second-order valence-corrected chi connectivity index (χ2v) is 6.78. The quantitative estimate of drug-likeness (QED) is 0.750. The molecule has 0 aliphatic rings. The molecular weight excluding hydrogens is 322 g/mol. The van der Waals surface area contributed by atoms with E-state index < -0.39 is 0 Å². The molecule has 1 aromatic carbocycles. The van der Waals surface area contributed by atoms with E-state index in [4.69, 9.17) is 0 Å². The van der Waals surface area contributed by atoms with Crippen molar-refractivity contribution in [3.8, 4) is 0 Å². The molecule has 0 spiro atoms. The normalized spacial score (nSPS) is 12.5. The zero-order chi connectivity index (χ0) is 17.1. The van der Waals surface area contributed by atoms with Gasteiger partial charge in [-0.15, -0.1) is 11.3 Å². The lowest BCUT2D eigenvalue weighted by Crippen LogP contribution is -2.34. The largest absolute Gasteiger partial charge is 0.350 e. The maximum atomic E-state index is 12.6. The van der Waals surface area contributed by atoms with Crippen molar-refractivity contribution in [1.82, 2.24) is 15.2 Å². The molecule has 2 N–H and O–H groups in total. The Morgan fingerprint density at radius 1 is 1.25 bits per heavy atom. The summed E-state index contributed by atoms with van der Waals surface area (Å²) in [5.41, 5.74) is 0.789. The maximum absolute atomic E-state index is 12.6. The molecule has 0 bridgehead atoms. The maximum Gasteiger partial charge on any atom is 0.252 e. The van der Waals surface area contributed by atoms with Crippen LogP contribution in [0.4, 0.5) is 0 Å². The number of nitrogens with one attached hydrogen (secondary N) is 2. The first-order valence-corrected chi connectivity index (χ1v) is 8.54. The van der Waals surface area contributed by atoms with Crippen LogP contribution in [-0.2, 0) is 0 Å². The molecule has 5 nitrogen and oxygen atoms in total. The Bertz CT molecular complexity index is 900. The van der Waals surface area contributed by atoms with E-state index in [-0.39, 0.29) is 17.5 Å². The standard InChI is InChI=1S/C18H19N3O2S/c1-21(2)15(16-8-5-9-24-16)11-19-18(23)13-10-17(22)20-14-7-4-3-6-12(13)14/h3-10,15H,11H2,1-2H3,(H,19,23)(H,20,22)/t15-/m1/s1. The molecule has 0 saturated carbocycles. The highest BCUT2D eigenvalue weighted by Gasteiger charge is 2.18. The monoisotopic (exact) mass is 341 g/mol. The minimum atomic E-state index is -0.277. The third-order valence-corrected chi connectivity index (χ3v) is 4.92. The number of likely N-dealkylation sites (N-methyl/N-ethyl adjacent to an activating group) is 1. The van der Waals surface area contributed by atoms with Crippen LogP contribution in [0, 0.1) is 0 Å². The summed E-state index contributed by atoms with van der Waals surface area (Å²) in [6.45, 7) is 0.480. The number of nitrogens with zero attached hydrogens (tertiary/aromatic N) is 1. The van der Waals surface area contributed by atoms with Crippen LogP contribution < -0.4 is 10.9 Å². The molecule has 0 radical (unpaired) electrons. The van der Waals surface area contributed by atoms with E-state index >= 15 is 0 Å². The van der Waals surface area contributed by atoms with Gasteiger partial charge in [-0.3, -0.25) is 9.59 Å². The fourth-order valence-corrected chi connectivity index (χ4v) is 3.62. The van der Waals surface area contributed by atoms with Crippen molar-refractivity contribution in [2.24, 2.45) is 0 Å². The zero-order valence-electron chi connectivity index (χ0n) is 13.6. The average Bonchev–Trinajstić information content (AvgIpc) is 3.07. The van der Waals surface area contributed by atoms with Crippen molar-refractivity contribution in [2.45, 2.75) is 6.04 Å². The predicted molar refractivity (Wildman–Crippen MR) is 97.6 cm³/mol. The molecular formula is C18H19N3O2S. The first-order valence-electron chi connectivity index (χ1n) is 7.66. The number of aromatic amines is 1. The molecule has 6 heteroatoms. The number of aromatic nitrogens is 1. The molecule has 124 valence electrons. The van der Waals surface area contributed by atoms with Gasteiger partial charge < -0.3 is 15.2 Å². The van der Waals surface area contributed by atoms with Crippen LogP contribution >= 0.6 is 11.3 Å². The van der Waals surface area contributed by atoms with Crippen LogP contribution in [-0.4, -0.2) is 36.4 Å². The van der Waals surface area contributed by atoms with Crippen molar-refractivity contribution < 1.29 is 4.79 Å². The van der Waals surface area contributed by atoms with Gasteiger partial charge in [0.1, 0.15) is 0 Å². The Labute approximate surface area is 143 Å². The van der Waals surface area contributed by atoms with Crippen LogP contribution in [0.25, 0.3) is 10.9 Å². The van der Waals surface area contributed by atoms with Gasteiger partial charge in [0, 0.05) is 28.4 Å². The van der Waals surface area contributed by atoms with Gasteiger partial charge in [-0.2, -0.15) is 0 Å². The Morgan fingerprint density at radius 2 is 2.04 bits per heavy atom. The minimum absolute atomic E-state index is 0.0993. The van der Waals surface area contributed by atoms with Gasteiger partial charge in [0.25, 0.3) is 5.91 Å². The Hall–Kier alpha value is -2.44. The minimum Gasteiger partial charge on any atom is -0.350 e. The second kappa shape index (κ2) is 6.98. The summed E-state index contributed by atoms with van der Waals surface area (Å²) < 4.78 is 0. The van der Waals surface area contributed by atoms with Gasteiger partial charge in [0.05, 0.1) is 11.6 Å². The summed E-state index contributed by atoms with van der Waals surface area (Å²) in [4.78, 5) is 30.4. The second-order valence-electron chi connectivity index (χ2n) is 5.80. The molecule has 1 atom stereocenters. The topological polar surface area (TPSA) is 65.2 Å². The summed E-state index contributed by atoms with van der Waals surface area (Å²) in [6.07, 6.45) is 0. The summed E-state index contributed by atoms with van der Waals surface area (Å²) in [6, 6.07) is 12.8. The molecule has 0 aliphatic carbocycles. The number of thiophene rings is 1. The van der Waals surface area contributed by atoms with Gasteiger partial charge in [-0.1, -0.05) is 24.3 Å². The summed E-state index contributed by atoms with van der Waals surface area (Å²) in [7, 11) is 3.97. The molecule has 0 fully saturated rings. The third-order valence-electron chi connectivity index (χ3n) is 3.95. The Morgan fingerprint density at radius 3 is 2.75 bits per heavy atom. The van der Waals surface area contributed by atoms with Crippen molar-refractivity contribution >= 4 is 28.1 Å². The van der Waals surface area contributed by atoms with Gasteiger partial charge >= 0.3 is 0 Å². The van der Waals surface area contributed by atoms with E-state index in [0.29, 0.717) is 17.6 Å². The summed E-state index contributed by atoms with van der Waals surface area (Å²) in [5.74, 6) is -0.235. The van der Waals surface area contributed by atoms with E-state index in [1.54, 1.807) is 17.4 Å². The van der Waals surface area contributed by atoms with E-state index in [9.17, 15) is 9.59 Å². The third kappa shape index (κ3) is 3.39. The number of carbonyl (C=O) groups excluding carboxylic acids is 1. The number of para-hydroxylation sites is 1. The number of H-pyrrole nitrogens is 1. The number of hydrogen-bond acceptors (Lipinski definition) is 4. The number of hydrogen-bond donors (Lipinski definition) is 2. The molecule has 0 aliphatic heterocycles. The fraction of sp³-hybridized carbons (Fsp3) is 0.222. The first-order chi connectivity index (χ1) is 11.6. The lowest BCUT2D eigenvalue weighted by atomic mass is 10.1. The first kappa shape index (κ1) is 16.4. The van der Waals surface area contributed by atoms with Crippen LogP contribution in [0.3, 0.4) is 0 Å². The number of carbonyl (C=O) groups is 1. The van der Waals surface area contributed by atoms with E-state index in [1.165, 1.54) is 10.9 Å². The lowest BCUT2D eigenvalue weighted by molar-refractivity contribution is 0.0944. The number of rotatable bonds is 5. The predicted octanol–water partition coefficient (Wildman–Crippen LogP) is 2.62. The molecule has 0 unspecified atom stereocenters. The van der Waals surface area contributed by atoms with Crippen LogP contribution in [0.2, 0.25) is 0 Å². The Kier molecular flexibility index (Phi) is 4.78. The Balaban J connectivity index is 1.84. The van der Waals surface area contributed by atoms with Crippen molar-refractivity contribution in [3.63, 3.8) is 0 Å². The van der Waals surface area contributed by atoms with E-state index in [2.05, 4.69) is 21.3 Å². The number of fused-ring (bicyclic) bond motifs is 1. The molecule has 2 aromatic heterocycles. The smallest absolute Gasteiger partial charge is 0.252 e. The summed E-state index contributed by atoms with van der Waals surface area (Å²) >= 11 is 1.66. The zero-order valence-corrected chi connectivity index (χ0v) is 14.4. The van der Waals surface area contributed by atoms with E-state index in [0.717, 1.165) is 5.39 Å². The van der Waals surface area contributed by atoms with Crippen LogP contribution in [0.5, 0.6) is 0 Å². The molecule has 24 heavy (non-hydrogen) atoms. The molecule has 0 saturated heterocycles. The SMILES string of the molecule is CN(C)[C@H](CNC(=O)c1cc(=O)[nH]c2ccccc12)c1cccs1. The van der Waals surface area contributed by atoms with Crippen molar-refractivity contribution in [3.05, 3.63) is 68.6 Å². The van der Waals surface area contributed by atoms with Crippen molar-refractivity contribution in [2.75, 3.05) is 20.6 Å². The van der Waals surface area contributed by atoms with Crippen LogP contribution in [0.15, 0.2) is 52.6 Å². The van der Waals surface area contributed by atoms with E-state index in [1.807, 2.05) is 43.7 Å². The number of amides is 1. The highest BCUT2D eigenvalue weighted by molar-refractivity contribution is 7.10.